The highest BCUT2D eigenvalue weighted by Gasteiger charge is 2.14. The maximum absolute atomic E-state index is 11.8. The molecule has 0 aliphatic heterocycles. The number of nitrogen functional groups attached to an aromatic ring is 1. The summed E-state index contributed by atoms with van der Waals surface area (Å²) >= 11 is 0. The van der Waals surface area contributed by atoms with Gasteiger partial charge in [0.15, 0.2) is 5.89 Å². The summed E-state index contributed by atoms with van der Waals surface area (Å²) in [6.07, 6.45) is 3.27. The van der Waals surface area contributed by atoms with Crippen molar-refractivity contribution in [1.82, 2.24) is 20.1 Å². The Morgan fingerprint density at radius 3 is 2.89 bits per heavy atom. The lowest BCUT2D eigenvalue weighted by atomic mass is 10.3. The number of rotatable bonds is 4. The van der Waals surface area contributed by atoms with Crippen LogP contribution in [0.1, 0.15) is 22.1 Å². The first-order chi connectivity index (χ1) is 8.56. The first kappa shape index (κ1) is 12.2. The molecule has 1 amide bonds. The second kappa shape index (κ2) is 4.91. The normalized spacial score (nSPS) is 10.6. The Bertz CT molecular complexity index is 558. The summed E-state index contributed by atoms with van der Waals surface area (Å²) in [5.74, 6) is 0.471. The molecule has 2 aromatic heterocycles. The number of nitrogens with zero attached hydrogens (tertiary/aromatic N) is 3. The fourth-order valence-electron chi connectivity index (χ4n) is 1.61. The smallest absolute Gasteiger partial charge is 0.289 e. The Kier molecular flexibility index (Phi) is 3.31. The molecule has 2 heterocycles. The summed E-state index contributed by atoms with van der Waals surface area (Å²) < 4.78 is 6.88. The number of carbonyl (C=O) groups excluding carboxylic acids is 1. The summed E-state index contributed by atoms with van der Waals surface area (Å²) in [5.41, 5.74) is 6.72. The Morgan fingerprint density at radius 1 is 1.56 bits per heavy atom. The van der Waals surface area contributed by atoms with E-state index in [1.165, 1.54) is 0 Å². The van der Waals surface area contributed by atoms with E-state index in [1.807, 2.05) is 0 Å². The van der Waals surface area contributed by atoms with E-state index in [-0.39, 0.29) is 11.7 Å². The second-order valence-electron chi connectivity index (χ2n) is 3.94. The predicted molar refractivity (Wildman–Crippen MR) is 64.9 cm³/mol. The molecule has 0 fully saturated rings. The van der Waals surface area contributed by atoms with Crippen molar-refractivity contribution in [2.24, 2.45) is 0 Å². The van der Waals surface area contributed by atoms with Crippen LogP contribution in [0.3, 0.4) is 0 Å². The Balaban J connectivity index is 1.87. The Hall–Kier alpha value is -2.31. The van der Waals surface area contributed by atoms with Gasteiger partial charge in [0.2, 0.25) is 5.76 Å². The van der Waals surface area contributed by atoms with Gasteiger partial charge in [-0.25, -0.2) is 4.98 Å². The number of carbonyl (C=O) groups is 1. The average Bonchev–Trinajstić information content (AvgIpc) is 2.85. The molecule has 7 nitrogen and oxygen atoms in total. The number of aryl methyl sites for hydroxylation is 2. The molecular formula is C11H15N5O2. The highest BCUT2D eigenvalue weighted by molar-refractivity contribution is 5.92. The van der Waals surface area contributed by atoms with Gasteiger partial charge in [0.25, 0.3) is 5.91 Å². The van der Waals surface area contributed by atoms with Crippen LogP contribution in [0.25, 0.3) is 0 Å². The van der Waals surface area contributed by atoms with Crippen LogP contribution in [0.2, 0.25) is 0 Å². The third-order valence-electron chi connectivity index (χ3n) is 2.39. The van der Waals surface area contributed by atoms with Gasteiger partial charge < -0.3 is 15.5 Å². The molecule has 7 heteroatoms. The zero-order valence-electron chi connectivity index (χ0n) is 10.3. The quantitative estimate of drug-likeness (QED) is 0.822. The fraction of sp³-hybridized carbons (Fsp3) is 0.364. The zero-order valence-corrected chi connectivity index (χ0v) is 10.3. The number of nitrogens with one attached hydrogen (secondary N) is 1. The van der Waals surface area contributed by atoms with Gasteiger partial charge in [-0.2, -0.15) is 5.10 Å². The van der Waals surface area contributed by atoms with Gasteiger partial charge in [-0.15, -0.1) is 0 Å². The van der Waals surface area contributed by atoms with Crippen LogP contribution in [0, 0.1) is 13.8 Å². The summed E-state index contributed by atoms with van der Waals surface area (Å²) in [4.78, 5) is 15.8. The minimum absolute atomic E-state index is 0.257. The third kappa shape index (κ3) is 2.68. The number of nitrogens with two attached hydrogens (primary N) is 1. The first-order valence-electron chi connectivity index (χ1n) is 5.56. The molecule has 96 valence electrons. The van der Waals surface area contributed by atoms with E-state index in [0.29, 0.717) is 30.4 Å². The molecule has 0 saturated heterocycles. The highest BCUT2D eigenvalue weighted by atomic mass is 16.4. The highest BCUT2D eigenvalue weighted by Crippen LogP contribution is 2.08. The molecule has 0 saturated carbocycles. The van der Waals surface area contributed by atoms with Crippen LogP contribution >= 0.6 is 0 Å². The van der Waals surface area contributed by atoms with Gasteiger partial charge in [0.1, 0.15) is 0 Å². The van der Waals surface area contributed by atoms with Gasteiger partial charge in [-0.05, 0) is 6.92 Å². The van der Waals surface area contributed by atoms with E-state index in [9.17, 15) is 4.79 Å². The number of aromatic nitrogens is 3. The summed E-state index contributed by atoms with van der Waals surface area (Å²) in [6, 6.07) is 0. The molecular weight excluding hydrogens is 234 g/mol. The molecule has 18 heavy (non-hydrogen) atoms. The maximum Gasteiger partial charge on any atom is 0.289 e. The molecule has 0 atom stereocenters. The van der Waals surface area contributed by atoms with Crippen LogP contribution in [0.15, 0.2) is 16.8 Å². The van der Waals surface area contributed by atoms with Crippen molar-refractivity contribution in [2.75, 3.05) is 12.3 Å². The van der Waals surface area contributed by atoms with Crippen LogP contribution in [0.4, 0.5) is 5.69 Å². The topological polar surface area (TPSA) is 99.0 Å². The molecule has 0 aromatic carbocycles. The number of hydrogen-bond donors (Lipinski definition) is 2. The SMILES string of the molecule is Cc1nc(C)c(C(=O)NCCn2cc(N)cn2)o1. The van der Waals surface area contributed by atoms with E-state index in [0.717, 1.165) is 0 Å². The van der Waals surface area contributed by atoms with E-state index < -0.39 is 0 Å². The standard InChI is InChI=1S/C11H15N5O2/c1-7-10(18-8(2)15-7)11(17)13-3-4-16-6-9(12)5-14-16/h5-6H,3-4,12H2,1-2H3,(H,13,17). The number of amides is 1. The van der Waals surface area contributed by atoms with Crippen molar-refractivity contribution in [3.8, 4) is 0 Å². The van der Waals surface area contributed by atoms with Crippen molar-refractivity contribution in [1.29, 1.82) is 0 Å². The molecule has 0 aliphatic rings. The van der Waals surface area contributed by atoms with Crippen molar-refractivity contribution >= 4 is 11.6 Å². The van der Waals surface area contributed by atoms with E-state index in [4.69, 9.17) is 10.2 Å². The van der Waals surface area contributed by atoms with Crippen LogP contribution < -0.4 is 11.1 Å². The molecule has 0 bridgehead atoms. The molecule has 0 unspecified atom stereocenters. The number of hydrogen-bond acceptors (Lipinski definition) is 5. The predicted octanol–water partition coefficient (Wildman–Crippen LogP) is 0.500. The Labute approximate surface area is 104 Å². The molecule has 0 spiro atoms. The van der Waals surface area contributed by atoms with Crippen LogP contribution in [-0.4, -0.2) is 27.2 Å². The lowest BCUT2D eigenvalue weighted by molar-refractivity contribution is 0.0922. The van der Waals surface area contributed by atoms with E-state index in [1.54, 1.807) is 30.9 Å². The largest absolute Gasteiger partial charge is 0.436 e. The third-order valence-corrected chi connectivity index (χ3v) is 2.39. The fourth-order valence-corrected chi connectivity index (χ4v) is 1.61. The first-order valence-corrected chi connectivity index (χ1v) is 5.56. The second-order valence-corrected chi connectivity index (χ2v) is 3.94. The van der Waals surface area contributed by atoms with Gasteiger partial charge in [0.05, 0.1) is 24.1 Å². The lowest BCUT2D eigenvalue weighted by Gasteiger charge is -2.03. The Morgan fingerprint density at radius 2 is 2.33 bits per heavy atom. The molecule has 3 N–H and O–H groups in total. The van der Waals surface area contributed by atoms with Crippen molar-refractivity contribution in [3.63, 3.8) is 0 Å². The van der Waals surface area contributed by atoms with Crippen molar-refractivity contribution < 1.29 is 9.21 Å². The van der Waals surface area contributed by atoms with Crippen LogP contribution in [0.5, 0.6) is 0 Å². The van der Waals surface area contributed by atoms with Crippen LogP contribution in [-0.2, 0) is 6.54 Å². The zero-order chi connectivity index (χ0) is 13.1. The van der Waals surface area contributed by atoms with Gasteiger partial charge in [0, 0.05) is 19.7 Å². The molecule has 0 aliphatic carbocycles. The van der Waals surface area contributed by atoms with E-state index in [2.05, 4.69) is 15.4 Å². The maximum atomic E-state index is 11.8. The van der Waals surface area contributed by atoms with Gasteiger partial charge >= 0.3 is 0 Å². The average molecular weight is 249 g/mol. The number of anilines is 1. The summed E-state index contributed by atoms with van der Waals surface area (Å²) in [7, 11) is 0. The molecule has 2 aromatic rings. The van der Waals surface area contributed by atoms with Gasteiger partial charge in [-0.1, -0.05) is 0 Å². The van der Waals surface area contributed by atoms with Crippen molar-refractivity contribution in [2.45, 2.75) is 20.4 Å². The lowest BCUT2D eigenvalue weighted by Crippen LogP contribution is -2.27. The van der Waals surface area contributed by atoms with Gasteiger partial charge in [-0.3, -0.25) is 9.48 Å². The minimum atomic E-state index is -0.270. The molecule has 2 rings (SSSR count). The summed E-state index contributed by atoms with van der Waals surface area (Å²) in [6.45, 7) is 4.43. The summed E-state index contributed by atoms with van der Waals surface area (Å²) in [5, 5.41) is 6.75. The van der Waals surface area contributed by atoms with E-state index >= 15 is 0 Å². The van der Waals surface area contributed by atoms with Crippen molar-refractivity contribution in [3.05, 3.63) is 29.7 Å². The minimum Gasteiger partial charge on any atom is -0.436 e. The number of oxazole rings is 1. The monoisotopic (exact) mass is 249 g/mol. The molecule has 0 radical (unpaired) electrons.